The molecule has 2 N–H and O–H groups in total. The van der Waals surface area contributed by atoms with Crippen molar-refractivity contribution in [1.29, 1.82) is 0 Å². The van der Waals surface area contributed by atoms with Crippen molar-refractivity contribution in [2.24, 2.45) is 0 Å². The van der Waals surface area contributed by atoms with Crippen LogP contribution < -0.4 is 5.73 Å². The maximum absolute atomic E-state index is 10.9. The number of anilines is 1. The van der Waals surface area contributed by atoms with Gasteiger partial charge in [-0.15, -0.1) is 11.3 Å². The van der Waals surface area contributed by atoms with Gasteiger partial charge in [-0.1, -0.05) is 0 Å². The summed E-state index contributed by atoms with van der Waals surface area (Å²) in [6, 6.07) is 0. The zero-order valence-corrected chi connectivity index (χ0v) is 10.6. The molecule has 1 aliphatic carbocycles. The smallest absolute Gasteiger partial charge is 0.264 e. The third kappa shape index (κ3) is 2.72. The van der Waals surface area contributed by atoms with Gasteiger partial charge in [0.15, 0.2) is 5.13 Å². The molecule has 5 nitrogen and oxygen atoms in total. The number of nitrogens with zero attached hydrogens (tertiary/aromatic N) is 1. The van der Waals surface area contributed by atoms with Crippen molar-refractivity contribution in [2.75, 3.05) is 18.6 Å². The zero-order chi connectivity index (χ0) is 11.8. The quantitative estimate of drug-likeness (QED) is 0.825. The first-order valence-electron chi connectivity index (χ1n) is 5.05. The van der Waals surface area contributed by atoms with Gasteiger partial charge in [0.05, 0.1) is 18.6 Å². The topological polar surface area (TPSA) is 82.3 Å². The first-order chi connectivity index (χ1) is 7.46. The highest BCUT2D eigenvalue weighted by atomic mass is 32.2. The summed E-state index contributed by atoms with van der Waals surface area (Å²) in [4.78, 5) is 5.43. The summed E-state index contributed by atoms with van der Waals surface area (Å²) < 4.78 is 26.7. The summed E-state index contributed by atoms with van der Waals surface area (Å²) in [6.07, 6.45) is 3.99. The van der Waals surface area contributed by atoms with Crippen LogP contribution in [0.4, 0.5) is 5.13 Å². The number of aromatic nitrogens is 1. The largest absolute Gasteiger partial charge is 0.375 e. The minimum atomic E-state index is -3.37. The predicted octanol–water partition coefficient (Wildman–Crippen LogP) is 1.12. The van der Waals surface area contributed by atoms with Gasteiger partial charge in [-0.2, -0.15) is 8.42 Å². The van der Waals surface area contributed by atoms with Crippen LogP contribution in [0.15, 0.2) is 0 Å². The van der Waals surface area contributed by atoms with E-state index in [0.29, 0.717) is 5.13 Å². The van der Waals surface area contributed by atoms with Crippen molar-refractivity contribution in [3.8, 4) is 0 Å². The lowest BCUT2D eigenvalue weighted by molar-refractivity contribution is 0.279. The van der Waals surface area contributed by atoms with Crippen LogP contribution in [-0.2, 0) is 20.7 Å². The van der Waals surface area contributed by atoms with Gasteiger partial charge in [-0.05, 0) is 19.3 Å². The molecular weight excluding hydrogens is 248 g/mol. The third-order valence-corrected chi connectivity index (χ3v) is 4.09. The molecule has 0 saturated heterocycles. The molecular formula is C9H14N2O3S2. The van der Waals surface area contributed by atoms with Crippen molar-refractivity contribution < 1.29 is 12.6 Å². The molecule has 1 heterocycles. The van der Waals surface area contributed by atoms with Gasteiger partial charge in [0.25, 0.3) is 10.1 Å². The van der Waals surface area contributed by atoms with Gasteiger partial charge in [0.1, 0.15) is 0 Å². The summed E-state index contributed by atoms with van der Waals surface area (Å²) in [5.41, 5.74) is 6.58. The minimum absolute atomic E-state index is 0.0621. The number of hydrogen-bond donors (Lipinski definition) is 1. The molecule has 1 aliphatic rings. The molecule has 2 rings (SSSR count). The van der Waals surface area contributed by atoms with Crippen LogP contribution in [0.1, 0.15) is 29.3 Å². The molecule has 0 spiro atoms. The van der Waals surface area contributed by atoms with E-state index in [0.717, 1.165) is 31.2 Å². The maximum Gasteiger partial charge on any atom is 0.264 e. The van der Waals surface area contributed by atoms with Crippen molar-refractivity contribution in [3.05, 3.63) is 10.6 Å². The van der Waals surface area contributed by atoms with Crippen molar-refractivity contribution >= 4 is 26.6 Å². The maximum atomic E-state index is 10.9. The Morgan fingerprint density at radius 2 is 2.38 bits per heavy atom. The second-order valence-electron chi connectivity index (χ2n) is 3.94. The van der Waals surface area contributed by atoms with Crippen LogP contribution in [0, 0.1) is 0 Å². The summed E-state index contributed by atoms with van der Waals surface area (Å²) in [6.45, 7) is 0.176. The van der Waals surface area contributed by atoms with E-state index in [-0.39, 0.29) is 12.5 Å². The Kier molecular flexibility index (Phi) is 3.18. The summed E-state index contributed by atoms with van der Waals surface area (Å²) in [7, 11) is -3.37. The highest BCUT2D eigenvalue weighted by Crippen LogP contribution is 2.35. The predicted molar refractivity (Wildman–Crippen MR) is 63.0 cm³/mol. The number of aryl methyl sites for hydroxylation is 1. The molecule has 1 aromatic rings. The molecule has 0 radical (unpaired) electrons. The number of hydrogen-bond acceptors (Lipinski definition) is 6. The van der Waals surface area contributed by atoms with Crippen LogP contribution in [0.5, 0.6) is 0 Å². The fourth-order valence-corrected chi connectivity index (χ4v) is 3.27. The Bertz CT molecular complexity index is 481. The van der Waals surface area contributed by atoms with Crippen LogP contribution in [0.3, 0.4) is 0 Å². The summed E-state index contributed by atoms with van der Waals surface area (Å²) >= 11 is 1.49. The highest BCUT2D eigenvalue weighted by Gasteiger charge is 2.25. The molecule has 0 amide bonds. The average molecular weight is 262 g/mol. The number of rotatable bonds is 3. The van der Waals surface area contributed by atoms with E-state index >= 15 is 0 Å². The molecule has 90 valence electrons. The lowest BCUT2D eigenvalue weighted by atomic mass is 9.92. The Balaban J connectivity index is 2.13. The van der Waals surface area contributed by atoms with Crippen molar-refractivity contribution in [1.82, 2.24) is 4.98 Å². The van der Waals surface area contributed by atoms with Crippen molar-refractivity contribution in [3.63, 3.8) is 0 Å². The van der Waals surface area contributed by atoms with Crippen LogP contribution >= 0.6 is 11.3 Å². The SMILES string of the molecule is CS(=O)(=O)OCC1CCCc2sc(N)nc21. The normalized spacial score (nSPS) is 20.7. The molecule has 1 atom stereocenters. The standard InChI is InChI=1S/C9H14N2O3S2/c1-16(12,13)14-5-6-3-2-4-7-8(6)11-9(10)15-7/h6H,2-5H2,1H3,(H2,10,11). The van der Waals surface area contributed by atoms with Gasteiger partial charge >= 0.3 is 0 Å². The average Bonchev–Trinajstić information content (AvgIpc) is 2.54. The number of fused-ring (bicyclic) bond motifs is 1. The van der Waals surface area contributed by atoms with Gasteiger partial charge in [-0.3, -0.25) is 4.18 Å². The number of nitrogens with two attached hydrogens (primary N) is 1. The van der Waals surface area contributed by atoms with Crippen LogP contribution in [-0.4, -0.2) is 26.3 Å². The monoisotopic (exact) mass is 262 g/mol. The number of nitrogen functional groups attached to an aromatic ring is 1. The second kappa shape index (κ2) is 4.31. The Morgan fingerprint density at radius 3 is 3.06 bits per heavy atom. The first-order valence-corrected chi connectivity index (χ1v) is 7.68. The van der Waals surface area contributed by atoms with Gasteiger partial charge in [0, 0.05) is 10.8 Å². The van der Waals surface area contributed by atoms with Crippen LogP contribution in [0.2, 0.25) is 0 Å². The van der Waals surface area contributed by atoms with E-state index in [9.17, 15) is 8.42 Å². The molecule has 7 heteroatoms. The fraction of sp³-hybridized carbons (Fsp3) is 0.667. The Labute approximate surface area is 98.8 Å². The van der Waals surface area contributed by atoms with E-state index in [2.05, 4.69) is 4.98 Å². The number of thiazole rings is 1. The molecule has 0 bridgehead atoms. The molecule has 0 aliphatic heterocycles. The van der Waals surface area contributed by atoms with Gasteiger partial charge < -0.3 is 5.73 Å². The van der Waals surface area contributed by atoms with Crippen molar-refractivity contribution in [2.45, 2.75) is 25.2 Å². The molecule has 0 saturated carbocycles. The minimum Gasteiger partial charge on any atom is -0.375 e. The van der Waals surface area contributed by atoms with E-state index in [4.69, 9.17) is 9.92 Å². The van der Waals surface area contributed by atoms with E-state index in [1.54, 1.807) is 0 Å². The molecule has 16 heavy (non-hydrogen) atoms. The van der Waals surface area contributed by atoms with Crippen LogP contribution in [0.25, 0.3) is 0 Å². The molecule has 0 fully saturated rings. The lowest BCUT2D eigenvalue weighted by Crippen LogP contribution is -2.16. The van der Waals surface area contributed by atoms with E-state index < -0.39 is 10.1 Å². The van der Waals surface area contributed by atoms with E-state index in [1.165, 1.54) is 16.2 Å². The summed E-state index contributed by atoms with van der Waals surface area (Å²) in [5, 5.41) is 0.552. The Morgan fingerprint density at radius 1 is 1.62 bits per heavy atom. The van der Waals surface area contributed by atoms with Gasteiger partial charge in [-0.25, -0.2) is 4.98 Å². The summed E-state index contributed by atoms with van der Waals surface area (Å²) in [5.74, 6) is 0.0621. The third-order valence-electron chi connectivity index (χ3n) is 2.57. The lowest BCUT2D eigenvalue weighted by Gasteiger charge is -2.20. The first kappa shape index (κ1) is 11.8. The van der Waals surface area contributed by atoms with Gasteiger partial charge in [0.2, 0.25) is 0 Å². The molecule has 1 aromatic heterocycles. The fourth-order valence-electron chi connectivity index (χ4n) is 1.89. The highest BCUT2D eigenvalue weighted by molar-refractivity contribution is 7.85. The molecule has 1 unspecified atom stereocenters. The Hall–Kier alpha value is -0.660. The molecule has 0 aromatic carbocycles. The zero-order valence-electron chi connectivity index (χ0n) is 8.97. The second-order valence-corrected chi connectivity index (χ2v) is 6.70. The van der Waals surface area contributed by atoms with E-state index in [1.807, 2.05) is 0 Å².